The number of pyridine rings is 1. The quantitative estimate of drug-likeness (QED) is 0.196. The predicted molar refractivity (Wildman–Crippen MR) is 109 cm³/mol. The summed E-state index contributed by atoms with van der Waals surface area (Å²) in [4.78, 5) is 20.0. The lowest BCUT2D eigenvalue weighted by molar-refractivity contribution is -0.995. The van der Waals surface area contributed by atoms with Gasteiger partial charge in [0.05, 0.1) is 22.8 Å². The topological polar surface area (TPSA) is 167 Å². The fourth-order valence-electron chi connectivity index (χ4n) is 2.97. The van der Waals surface area contributed by atoms with Crippen molar-refractivity contribution in [2.24, 2.45) is 0 Å². The van der Waals surface area contributed by atoms with Gasteiger partial charge in [0.2, 0.25) is 5.91 Å². The van der Waals surface area contributed by atoms with Crippen LogP contribution in [0.25, 0.3) is 10.9 Å². The summed E-state index contributed by atoms with van der Waals surface area (Å²) in [6, 6.07) is 4.94. The molecule has 0 radical (unpaired) electrons. The van der Waals surface area contributed by atoms with Gasteiger partial charge >= 0.3 is 5.95 Å². The zero-order valence-electron chi connectivity index (χ0n) is 16.0. The number of quaternary nitrogens is 2. The Morgan fingerprint density at radius 1 is 1.13 bits per heavy atom. The number of nitrogens with zero attached hydrogens (tertiary/aromatic N) is 3. The van der Waals surface area contributed by atoms with Crippen LogP contribution in [0.15, 0.2) is 36.8 Å². The number of carbonyl (C=O) groups excluding carboxylic acids is 1. The Morgan fingerprint density at radius 3 is 2.60 bits per heavy atom. The van der Waals surface area contributed by atoms with Gasteiger partial charge in [0.1, 0.15) is 6.54 Å². The average molecular weight is 440 g/mol. The minimum atomic E-state index is -1.21. The van der Waals surface area contributed by atoms with Crippen molar-refractivity contribution in [2.75, 3.05) is 18.4 Å². The number of rotatable bonds is 8. The zero-order chi connectivity index (χ0) is 21.0. The number of aryl methyl sites for hydroxylation is 1. The number of amides is 1. The normalized spacial score (nSPS) is 12.8. The molecule has 2 aromatic heterocycles. The average Bonchev–Trinajstić information content (AvgIpc) is 3.14. The summed E-state index contributed by atoms with van der Waals surface area (Å²) in [6.45, 7) is 2.29. The highest BCUT2D eigenvalue weighted by atomic mass is 35.5. The van der Waals surface area contributed by atoms with Gasteiger partial charge in [0.25, 0.3) is 0 Å². The first-order chi connectivity index (χ1) is 13.9. The van der Waals surface area contributed by atoms with Gasteiger partial charge in [-0.2, -0.15) is 15.4 Å². The van der Waals surface area contributed by atoms with E-state index < -0.39 is 10.5 Å². The summed E-state index contributed by atoms with van der Waals surface area (Å²) in [5.41, 5.74) is 2.21. The number of fused-ring (bicyclic) bond motifs is 1. The first-order valence-electron chi connectivity index (χ1n) is 8.75. The van der Waals surface area contributed by atoms with E-state index in [1.165, 1.54) is 17.0 Å². The summed E-state index contributed by atoms with van der Waals surface area (Å²) in [5, 5.41) is 45.1. The molecule has 0 saturated carbocycles. The van der Waals surface area contributed by atoms with Crippen molar-refractivity contribution in [1.82, 2.24) is 19.9 Å². The molecule has 2 heterocycles. The van der Waals surface area contributed by atoms with E-state index in [9.17, 15) is 20.4 Å². The summed E-state index contributed by atoms with van der Waals surface area (Å²) in [6.07, 6.45) is 4.32. The minimum absolute atomic E-state index is 0. The van der Waals surface area contributed by atoms with Crippen LogP contribution < -0.4 is 21.1 Å². The molecule has 3 aromatic rings. The van der Waals surface area contributed by atoms with Gasteiger partial charge in [-0.05, 0) is 18.6 Å². The van der Waals surface area contributed by atoms with Gasteiger partial charge in [-0.25, -0.2) is 10.4 Å². The highest BCUT2D eigenvalue weighted by Gasteiger charge is 2.15. The van der Waals surface area contributed by atoms with E-state index in [0.29, 0.717) is 23.1 Å². The van der Waals surface area contributed by atoms with E-state index >= 15 is 0 Å². The molecule has 0 aliphatic carbocycles. The van der Waals surface area contributed by atoms with Crippen molar-refractivity contribution in [3.63, 3.8) is 0 Å². The van der Waals surface area contributed by atoms with Gasteiger partial charge in [-0.3, -0.25) is 14.3 Å². The second-order valence-corrected chi connectivity index (χ2v) is 6.28. The van der Waals surface area contributed by atoms with Crippen LogP contribution >= 0.6 is 12.4 Å². The van der Waals surface area contributed by atoms with Gasteiger partial charge in [-0.15, -0.1) is 12.4 Å². The molecular weight excluding hydrogens is 418 g/mol. The van der Waals surface area contributed by atoms with E-state index in [1.54, 1.807) is 24.4 Å². The van der Waals surface area contributed by atoms with Crippen LogP contribution in [0.5, 0.6) is 0 Å². The number of imidazole rings is 1. The van der Waals surface area contributed by atoms with E-state index in [-0.39, 0.29) is 43.0 Å². The fraction of sp³-hybridized carbons (Fsp3) is 0.235. The maximum atomic E-state index is 12.0. The lowest BCUT2D eigenvalue weighted by Crippen LogP contribution is -3.00. The van der Waals surface area contributed by atoms with E-state index in [2.05, 4.69) is 20.6 Å². The monoisotopic (exact) mass is 439 g/mol. The molecule has 0 bridgehead atoms. The maximum Gasteiger partial charge on any atom is 0.341 e. The SMILES string of the molecule is Cc1ccc([NH+]([O-])O)c2c(NCCNC(=O)Cn3ccnc3[NH+]([O-])O)ccnc12.Cl. The van der Waals surface area contributed by atoms with Crippen LogP contribution in [0.3, 0.4) is 0 Å². The Balaban J connectivity index is 0.00000320. The summed E-state index contributed by atoms with van der Waals surface area (Å²) >= 11 is 0. The Kier molecular flexibility index (Phi) is 8.02. The number of aromatic nitrogens is 3. The zero-order valence-corrected chi connectivity index (χ0v) is 16.8. The first-order valence-corrected chi connectivity index (χ1v) is 8.75. The van der Waals surface area contributed by atoms with Crippen molar-refractivity contribution >= 4 is 46.5 Å². The number of hydrogen-bond acceptors (Lipinski definition) is 8. The molecule has 3 rings (SSSR count). The Hall–Kier alpha value is -2.84. The number of anilines is 1. The number of nitrogens with one attached hydrogen (secondary N) is 4. The Morgan fingerprint density at radius 2 is 1.90 bits per heavy atom. The third kappa shape index (κ3) is 5.20. The third-order valence-corrected chi connectivity index (χ3v) is 4.31. The van der Waals surface area contributed by atoms with Crippen molar-refractivity contribution in [2.45, 2.75) is 13.5 Å². The molecule has 2 atom stereocenters. The largest absolute Gasteiger partial charge is 0.595 e. The van der Waals surface area contributed by atoms with Gasteiger partial charge < -0.3 is 21.0 Å². The van der Waals surface area contributed by atoms with Crippen molar-refractivity contribution in [3.05, 3.63) is 52.8 Å². The van der Waals surface area contributed by atoms with Gasteiger partial charge in [0, 0.05) is 31.5 Å². The van der Waals surface area contributed by atoms with Crippen molar-refractivity contribution in [3.8, 4) is 0 Å². The van der Waals surface area contributed by atoms with Crippen LogP contribution in [0.1, 0.15) is 5.56 Å². The van der Waals surface area contributed by atoms with Crippen LogP contribution in [-0.2, 0) is 11.3 Å². The smallest absolute Gasteiger partial charge is 0.341 e. The molecule has 0 saturated heterocycles. The van der Waals surface area contributed by atoms with Crippen LogP contribution in [0.4, 0.5) is 17.3 Å². The molecule has 12 nitrogen and oxygen atoms in total. The molecule has 1 aromatic carbocycles. The van der Waals surface area contributed by atoms with E-state index in [0.717, 1.165) is 5.56 Å². The molecule has 0 fully saturated rings. The van der Waals surface area contributed by atoms with Crippen molar-refractivity contribution < 1.29 is 25.7 Å². The summed E-state index contributed by atoms with van der Waals surface area (Å²) < 4.78 is 1.24. The molecule has 30 heavy (non-hydrogen) atoms. The maximum absolute atomic E-state index is 12.0. The summed E-state index contributed by atoms with van der Waals surface area (Å²) in [5.74, 6) is -0.577. The second-order valence-electron chi connectivity index (χ2n) is 6.28. The lowest BCUT2D eigenvalue weighted by Gasteiger charge is -2.17. The third-order valence-electron chi connectivity index (χ3n) is 4.31. The van der Waals surface area contributed by atoms with Gasteiger partial charge in [-0.1, -0.05) is 6.07 Å². The predicted octanol–water partition coefficient (Wildman–Crippen LogP) is -0.803. The molecule has 1 amide bonds. The molecule has 13 heteroatoms. The van der Waals surface area contributed by atoms with Gasteiger partial charge in [0.15, 0.2) is 5.69 Å². The molecule has 0 aliphatic rings. The number of hydrogen-bond donors (Lipinski definition) is 6. The molecule has 6 N–H and O–H groups in total. The Bertz CT molecular complexity index is 1010. The highest BCUT2D eigenvalue weighted by molar-refractivity contribution is 5.99. The van der Waals surface area contributed by atoms with Crippen molar-refractivity contribution in [1.29, 1.82) is 0 Å². The first kappa shape index (κ1) is 23.4. The number of halogens is 1. The molecule has 162 valence electrons. The Labute approximate surface area is 177 Å². The minimum Gasteiger partial charge on any atom is -0.595 e. The number of benzene rings is 1. The van der Waals surface area contributed by atoms with E-state index in [1.807, 2.05) is 6.92 Å². The van der Waals surface area contributed by atoms with Crippen LogP contribution in [0.2, 0.25) is 0 Å². The molecule has 0 aliphatic heterocycles. The van der Waals surface area contributed by atoms with Crippen LogP contribution in [-0.4, -0.2) is 43.9 Å². The fourth-order valence-corrected chi connectivity index (χ4v) is 2.97. The molecule has 0 spiro atoms. The highest BCUT2D eigenvalue weighted by Crippen LogP contribution is 2.29. The lowest BCUT2D eigenvalue weighted by atomic mass is 10.1. The van der Waals surface area contributed by atoms with Crippen LogP contribution in [0, 0.1) is 17.3 Å². The van der Waals surface area contributed by atoms with E-state index in [4.69, 9.17) is 5.21 Å². The summed E-state index contributed by atoms with van der Waals surface area (Å²) in [7, 11) is 0. The molecular formula is C17H22ClN7O5. The second kappa shape index (κ2) is 10.3. The molecule has 2 unspecified atom stereocenters. The number of carbonyl (C=O) groups is 1. The standard InChI is InChI=1S/C17H21N7O5.ClH/c1-11-2-3-13(23(26)27)15-12(4-5-20-16(11)15)18-6-7-19-14(25)10-22-9-8-21-17(22)24(28)29;/h2-5,8-9,23-24,26,28H,6-7,10H2,1H3,(H,18,20)(H,19,25);1H.